The number of rotatable bonds is 12. The predicted octanol–water partition coefficient (Wildman–Crippen LogP) is 5.81. The number of unbranched alkanes of at least 4 members (excludes halogenated alkanes) is 1. The molecule has 1 aromatic carbocycles. The molecule has 3 aliphatic rings. The third-order valence-electron chi connectivity index (χ3n) is 10.1. The van der Waals surface area contributed by atoms with E-state index in [9.17, 15) is 5.41 Å². The van der Waals surface area contributed by atoms with Crippen molar-refractivity contribution in [2.45, 2.75) is 90.6 Å². The predicted molar refractivity (Wildman–Crippen MR) is 174 cm³/mol. The Bertz CT molecular complexity index is 1150. The van der Waals surface area contributed by atoms with Crippen molar-refractivity contribution in [1.29, 1.82) is 5.41 Å². The first-order valence-electron chi connectivity index (χ1n) is 16.4. The largest absolute Gasteiger partial charge is 0.370 e. The van der Waals surface area contributed by atoms with Gasteiger partial charge in [-0.25, -0.2) is 0 Å². The van der Waals surface area contributed by atoms with E-state index in [1.807, 2.05) is 18.5 Å². The van der Waals surface area contributed by atoms with Crippen LogP contribution in [0.15, 0.2) is 59.9 Å². The minimum absolute atomic E-state index is 0.380. The van der Waals surface area contributed by atoms with E-state index < -0.39 is 0 Å². The third kappa shape index (κ3) is 7.84. The van der Waals surface area contributed by atoms with Gasteiger partial charge in [-0.05, 0) is 92.2 Å². The zero-order valence-corrected chi connectivity index (χ0v) is 26.2. The van der Waals surface area contributed by atoms with Crippen molar-refractivity contribution in [3.05, 3.63) is 66.0 Å². The van der Waals surface area contributed by atoms with Crippen molar-refractivity contribution in [3.63, 3.8) is 0 Å². The molecular formula is C35H53N7. The molecule has 0 unspecified atom stereocenters. The van der Waals surface area contributed by atoms with Crippen LogP contribution in [0, 0.1) is 22.7 Å². The summed E-state index contributed by atoms with van der Waals surface area (Å²) in [5.74, 6) is 2.96. The zero-order chi connectivity index (χ0) is 29.5. The van der Waals surface area contributed by atoms with Crippen LogP contribution in [0.1, 0.15) is 76.8 Å². The van der Waals surface area contributed by atoms with E-state index in [-0.39, 0.29) is 0 Å². The summed E-state index contributed by atoms with van der Waals surface area (Å²) in [6, 6.07) is 15.8. The number of nitrogens with one attached hydrogen (secondary N) is 1. The minimum Gasteiger partial charge on any atom is -0.370 e. The van der Waals surface area contributed by atoms with Crippen LogP contribution in [0.25, 0.3) is 0 Å². The van der Waals surface area contributed by atoms with Crippen molar-refractivity contribution in [2.24, 2.45) is 28.0 Å². The topological polar surface area (TPSA) is 84.8 Å². The van der Waals surface area contributed by atoms with Gasteiger partial charge in [0, 0.05) is 38.6 Å². The van der Waals surface area contributed by atoms with Crippen LogP contribution in [-0.4, -0.2) is 76.4 Å². The lowest BCUT2D eigenvalue weighted by atomic mass is 9.70. The number of pyridine rings is 1. The number of hydrogen-bond acceptors (Lipinski definition) is 5. The van der Waals surface area contributed by atoms with Crippen LogP contribution < -0.4 is 5.73 Å². The molecule has 2 aromatic rings. The summed E-state index contributed by atoms with van der Waals surface area (Å²) >= 11 is 0. The molecule has 0 amide bonds. The first kappa shape index (κ1) is 30.4. The minimum atomic E-state index is 0.380. The third-order valence-corrected chi connectivity index (χ3v) is 10.1. The summed E-state index contributed by atoms with van der Waals surface area (Å²) in [6.45, 7) is 11.8. The molecule has 2 aliphatic heterocycles. The maximum Gasteiger partial charge on any atom is 0.194 e. The Morgan fingerprint density at radius 3 is 2.38 bits per heavy atom. The van der Waals surface area contributed by atoms with Crippen molar-refractivity contribution in [2.75, 3.05) is 32.7 Å². The Morgan fingerprint density at radius 2 is 1.67 bits per heavy atom. The van der Waals surface area contributed by atoms with E-state index in [2.05, 4.69) is 81.8 Å². The van der Waals surface area contributed by atoms with Gasteiger partial charge in [-0.15, -0.1) is 0 Å². The summed E-state index contributed by atoms with van der Waals surface area (Å²) in [6.07, 6.45) is 14.3. The second kappa shape index (κ2) is 13.9. The average Bonchev–Trinajstić information content (AvgIpc) is 3.48. The Hall–Kier alpha value is -3.09. The molecule has 1 aliphatic carbocycles. The molecule has 1 saturated carbocycles. The Balaban J connectivity index is 1.12. The summed E-state index contributed by atoms with van der Waals surface area (Å²) < 4.78 is 0. The second-order valence-corrected chi connectivity index (χ2v) is 14.0. The van der Waals surface area contributed by atoms with Gasteiger partial charge >= 0.3 is 0 Å². The fourth-order valence-corrected chi connectivity index (χ4v) is 7.37. The summed E-state index contributed by atoms with van der Waals surface area (Å²) in [4.78, 5) is 15.9. The van der Waals surface area contributed by atoms with Crippen LogP contribution in [0.2, 0.25) is 0 Å². The Morgan fingerprint density at radius 1 is 0.905 bits per heavy atom. The molecule has 7 heteroatoms. The van der Waals surface area contributed by atoms with Crippen LogP contribution in [0.3, 0.4) is 0 Å². The molecule has 5 rings (SSSR count). The van der Waals surface area contributed by atoms with Gasteiger partial charge in [-0.2, -0.15) is 0 Å². The lowest BCUT2D eigenvalue weighted by Gasteiger charge is -2.39. The van der Waals surface area contributed by atoms with Crippen LogP contribution in [-0.2, 0) is 12.8 Å². The molecule has 42 heavy (non-hydrogen) atoms. The number of aliphatic imine (C=N–C) groups is 1. The van der Waals surface area contributed by atoms with E-state index in [1.165, 1.54) is 36.8 Å². The Labute approximate surface area is 254 Å². The van der Waals surface area contributed by atoms with Gasteiger partial charge < -0.3 is 20.4 Å². The summed E-state index contributed by atoms with van der Waals surface area (Å²) in [5, 5.41) is 9.22. The van der Waals surface area contributed by atoms with Gasteiger partial charge in [-0.3, -0.25) is 15.4 Å². The highest BCUT2D eigenvalue weighted by Gasteiger charge is 2.37. The molecule has 1 aromatic heterocycles. The molecule has 3 heterocycles. The number of guanidine groups is 2. The molecule has 1 saturated heterocycles. The molecule has 0 radical (unpaired) electrons. The smallest absolute Gasteiger partial charge is 0.194 e. The highest BCUT2D eigenvalue weighted by molar-refractivity contribution is 5.80. The number of nitrogens with zero attached hydrogens (tertiary/aromatic N) is 5. The molecule has 0 bridgehead atoms. The van der Waals surface area contributed by atoms with E-state index in [4.69, 9.17) is 5.73 Å². The zero-order valence-electron chi connectivity index (χ0n) is 26.2. The van der Waals surface area contributed by atoms with Gasteiger partial charge in [0.05, 0.1) is 18.6 Å². The number of aromatic nitrogens is 1. The second-order valence-electron chi connectivity index (χ2n) is 14.0. The van der Waals surface area contributed by atoms with Gasteiger partial charge in [0.2, 0.25) is 0 Å². The highest BCUT2D eigenvalue weighted by Crippen LogP contribution is 2.40. The van der Waals surface area contributed by atoms with Crippen LogP contribution in [0.5, 0.6) is 0 Å². The van der Waals surface area contributed by atoms with Crippen molar-refractivity contribution < 1.29 is 0 Å². The lowest BCUT2D eigenvalue weighted by Crippen LogP contribution is -2.42. The van der Waals surface area contributed by atoms with Crippen molar-refractivity contribution >= 4 is 11.9 Å². The molecule has 2 atom stereocenters. The highest BCUT2D eigenvalue weighted by atomic mass is 15.4. The van der Waals surface area contributed by atoms with Gasteiger partial charge in [0.1, 0.15) is 0 Å². The normalized spacial score (nSPS) is 24.9. The maximum absolute atomic E-state index is 9.22. The first-order chi connectivity index (χ1) is 20.3. The van der Waals surface area contributed by atoms with Gasteiger partial charge in [0.25, 0.3) is 0 Å². The molecule has 2 fully saturated rings. The van der Waals surface area contributed by atoms with E-state index in [0.717, 1.165) is 76.7 Å². The maximum atomic E-state index is 9.22. The standard InChI is InChI=1S/C35H53N7/c1-35(2,3)30-16-14-29(15-17-30)25-42-32(22-27-10-5-4-6-11-27)26-40(34(42)37)20-8-7-13-31-24-39-33(36)41(31)21-18-28-12-9-19-38-23-28/h4-6,9-12,19,23,29-32,37H,7-8,13-18,20-22,24-26H2,1-3H3,(H2,36,39)/t29?,30?,31-,32+/m0/s1. The van der Waals surface area contributed by atoms with E-state index in [1.54, 1.807) is 0 Å². The molecule has 3 N–H and O–H groups in total. The molecule has 7 nitrogen and oxygen atoms in total. The van der Waals surface area contributed by atoms with Gasteiger partial charge in [-0.1, -0.05) is 57.2 Å². The quantitative estimate of drug-likeness (QED) is 0.314. The first-order valence-corrected chi connectivity index (χ1v) is 16.4. The monoisotopic (exact) mass is 571 g/mol. The van der Waals surface area contributed by atoms with E-state index in [0.29, 0.717) is 29.4 Å². The summed E-state index contributed by atoms with van der Waals surface area (Å²) in [5.41, 5.74) is 9.30. The van der Waals surface area contributed by atoms with Crippen molar-refractivity contribution in [3.8, 4) is 0 Å². The molecule has 228 valence electrons. The number of nitrogens with two attached hydrogens (primary N) is 1. The summed E-state index contributed by atoms with van der Waals surface area (Å²) in [7, 11) is 0. The fourth-order valence-electron chi connectivity index (χ4n) is 7.37. The molecular weight excluding hydrogens is 518 g/mol. The molecule has 0 spiro atoms. The van der Waals surface area contributed by atoms with Crippen LogP contribution >= 0.6 is 0 Å². The lowest BCUT2D eigenvalue weighted by molar-refractivity contribution is 0.134. The average molecular weight is 572 g/mol. The van der Waals surface area contributed by atoms with Gasteiger partial charge in [0.15, 0.2) is 11.9 Å². The SMILES string of the molecule is CC(C)(C)C1CCC(CN2C(=N)N(CCCC[C@H]3CN=C(N)N3CCc3cccnc3)C[C@H]2Cc2ccccc2)CC1. The van der Waals surface area contributed by atoms with Crippen molar-refractivity contribution in [1.82, 2.24) is 19.7 Å². The van der Waals surface area contributed by atoms with Crippen LogP contribution in [0.4, 0.5) is 0 Å². The number of hydrogen-bond donors (Lipinski definition) is 2. The van der Waals surface area contributed by atoms with E-state index >= 15 is 0 Å². The number of benzene rings is 1. The fraction of sp³-hybridized carbons (Fsp3) is 0.629. The Kier molecular flexibility index (Phi) is 10.1.